The van der Waals surface area contributed by atoms with Crippen molar-refractivity contribution in [1.82, 2.24) is 0 Å². The van der Waals surface area contributed by atoms with E-state index >= 15 is 0 Å². The van der Waals surface area contributed by atoms with E-state index in [1.165, 1.54) is 6.08 Å². The maximum Gasteiger partial charge on any atom is 0.320 e. The Bertz CT molecular complexity index is 198. The zero-order valence-electron chi connectivity index (χ0n) is 7.66. The SMILES string of the molecule is C=CCC(C(=O)O)C(=O)OCCC. The molecule has 13 heavy (non-hydrogen) atoms. The van der Waals surface area contributed by atoms with E-state index in [1.54, 1.807) is 0 Å². The fourth-order valence-electron chi connectivity index (χ4n) is 0.768. The third-order valence-corrected chi connectivity index (χ3v) is 1.43. The summed E-state index contributed by atoms with van der Waals surface area (Å²) in [6, 6.07) is 0. The first kappa shape index (κ1) is 11.7. The largest absolute Gasteiger partial charge is 0.481 e. The molecular formula is C9H14O4. The lowest BCUT2D eigenvalue weighted by atomic mass is 10.1. The Balaban J connectivity index is 4.11. The van der Waals surface area contributed by atoms with E-state index in [0.717, 1.165) is 0 Å². The molecule has 0 heterocycles. The first-order valence-corrected chi connectivity index (χ1v) is 4.13. The average molecular weight is 186 g/mol. The summed E-state index contributed by atoms with van der Waals surface area (Å²) >= 11 is 0. The summed E-state index contributed by atoms with van der Waals surface area (Å²) in [4.78, 5) is 21.6. The molecule has 0 amide bonds. The zero-order valence-corrected chi connectivity index (χ0v) is 7.66. The van der Waals surface area contributed by atoms with Crippen LogP contribution in [-0.4, -0.2) is 23.7 Å². The molecule has 0 aliphatic carbocycles. The van der Waals surface area contributed by atoms with Crippen LogP contribution in [0.5, 0.6) is 0 Å². The summed E-state index contributed by atoms with van der Waals surface area (Å²) in [5.41, 5.74) is 0. The highest BCUT2D eigenvalue weighted by Crippen LogP contribution is 2.06. The molecule has 4 nitrogen and oxygen atoms in total. The Morgan fingerprint density at radius 3 is 2.62 bits per heavy atom. The topological polar surface area (TPSA) is 63.6 Å². The van der Waals surface area contributed by atoms with Crippen LogP contribution >= 0.6 is 0 Å². The second kappa shape index (κ2) is 6.22. The van der Waals surface area contributed by atoms with E-state index in [0.29, 0.717) is 6.42 Å². The molecule has 0 saturated heterocycles. The van der Waals surface area contributed by atoms with E-state index in [-0.39, 0.29) is 13.0 Å². The maximum atomic E-state index is 11.1. The standard InChI is InChI=1S/C9H14O4/c1-3-5-7(8(10)11)9(12)13-6-4-2/h3,7H,1,4-6H2,2H3,(H,10,11). The Morgan fingerprint density at radius 1 is 1.62 bits per heavy atom. The molecule has 0 fully saturated rings. The van der Waals surface area contributed by atoms with Gasteiger partial charge in [-0.25, -0.2) is 0 Å². The predicted octanol–water partition coefficient (Wildman–Crippen LogP) is 1.22. The first-order chi connectivity index (χ1) is 6.13. The highest BCUT2D eigenvalue weighted by molar-refractivity contribution is 5.94. The third kappa shape index (κ3) is 4.30. The molecule has 0 aliphatic heterocycles. The van der Waals surface area contributed by atoms with Crippen LogP contribution in [0, 0.1) is 5.92 Å². The molecule has 74 valence electrons. The van der Waals surface area contributed by atoms with Crippen LogP contribution in [0.4, 0.5) is 0 Å². The monoisotopic (exact) mass is 186 g/mol. The van der Waals surface area contributed by atoms with Gasteiger partial charge in [-0.2, -0.15) is 0 Å². The van der Waals surface area contributed by atoms with Gasteiger partial charge in [0.15, 0.2) is 5.92 Å². The molecular weight excluding hydrogens is 172 g/mol. The van der Waals surface area contributed by atoms with E-state index in [1.807, 2.05) is 6.92 Å². The van der Waals surface area contributed by atoms with Gasteiger partial charge < -0.3 is 9.84 Å². The molecule has 0 rings (SSSR count). The highest BCUT2D eigenvalue weighted by Gasteiger charge is 2.25. The number of aliphatic carboxylic acids is 1. The smallest absolute Gasteiger partial charge is 0.320 e. The molecule has 0 aromatic heterocycles. The summed E-state index contributed by atoms with van der Waals surface area (Å²) < 4.78 is 4.70. The summed E-state index contributed by atoms with van der Waals surface area (Å²) in [6.07, 6.45) is 2.19. The summed E-state index contributed by atoms with van der Waals surface area (Å²) in [7, 11) is 0. The van der Waals surface area contributed by atoms with Gasteiger partial charge in [0.1, 0.15) is 0 Å². The molecule has 0 aromatic carbocycles. The molecule has 4 heteroatoms. The van der Waals surface area contributed by atoms with E-state index < -0.39 is 17.9 Å². The molecule has 0 bridgehead atoms. The van der Waals surface area contributed by atoms with Gasteiger partial charge in [-0.05, 0) is 12.8 Å². The zero-order chi connectivity index (χ0) is 10.3. The van der Waals surface area contributed by atoms with E-state index in [9.17, 15) is 9.59 Å². The molecule has 0 spiro atoms. The van der Waals surface area contributed by atoms with Crippen molar-refractivity contribution in [3.8, 4) is 0 Å². The van der Waals surface area contributed by atoms with Crippen molar-refractivity contribution in [3.63, 3.8) is 0 Å². The molecule has 0 saturated carbocycles. The van der Waals surface area contributed by atoms with Crippen molar-refractivity contribution in [2.75, 3.05) is 6.61 Å². The van der Waals surface area contributed by atoms with Crippen LogP contribution in [-0.2, 0) is 14.3 Å². The number of carbonyl (C=O) groups is 2. The third-order valence-electron chi connectivity index (χ3n) is 1.43. The van der Waals surface area contributed by atoms with Gasteiger partial charge in [-0.1, -0.05) is 13.0 Å². The highest BCUT2D eigenvalue weighted by atomic mass is 16.5. The molecule has 1 N–H and O–H groups in total. The fraction of sp³-hybridized carbons (Fsp3) is 0.556. The van der Waals surface area contributed by atoms with Crippen LogP contribution in [0.15, 0.2) is 12.7 Å². The number of allylic oxidation sites excluding steroid dienone is 1. The van der Waals surface area contributed by atoms with Gasteiger partial charge in [0.25, 0.3) is 0 Å². The van der Waals surface area contributed by atoms with E-state index in [2.05, 4.69) is 6.58 Å². The molecule has 1 atom stereocenters. The van der Waals surface area contributed by atoms with E-state index in [4.69, 9.17) is 9.84 Å². The van der Waals surface area contributed by atoms with Gasteiger partial charge in [0.05, 0.1) is 6.61 Å². The molecule has 0 aromatic rings. The molecule has 1 unspecified atom stereocenters. The minimum absolute atomic E-state index is 0.109. The molecule has 0 radical (unpaired) electrons. The number of carboxylic acids is 1. The summed E-state index contributed by atoms with van der Waals surface area (Å²) in [6.45, 7) is 5.48. The summed E-state index contributed by atoms with van der Waals surface area (Å²) in [5, 5.41) is 8.63. The first-order valence-electron chi connectivity index (χ1n) is 4.13. The van der Waals surface area contributed by atoms with Crippen LogP contribution in [0.1, 0.15) is 19.8 Å². The number of hydrogen-bond donors (Lipinski definition) is 1. The lowest BCUT2D eigenvalue weighted by Gasteiger charge is -2.08. The van der Waals surface area contributed by atoms with Crippen LogP contribution in [0.3, 0.4) is 0 Å². The van der Waals surface area contributed by atoms with Gasteiger partial charge in [-0.3, -0.25) is 9.59 Å². The average Bonchev–Trinajstić information content (AvgIpc) is 2.09. The van der Waals surface area contributed by atoms with Crippen molar-refractivity contribution in [1.29, 1.82) is 0 Å². The quantitative estimate of drug-likeness (QED) is 0.385. The fourth-order valence-corrected chi connectivity index (χ4v) is 0.768. The lowest BCUT2D eigenvalue weighted by Crippen LogP contribution is -2.25. The maximum absolute atomic E-state index is 11.1. The van der Waals surface area contributed by atoms with Crippen molar-refractivity contribution in [3.05, 3.63) is 12.7 Å². The number of hydrogen-bond acceptors (Lipinski definition) is 3. The van der Waals surface area contributed by atoms with Gasteiger partial charge in [0, 0.05) is 0 Å². The second-order valence-electron chi connectivity index (χ2n) is 2.58. The number of carbonyl (C=O) groups excluding carboxylic acids is 1. The Hall–Kier alpha value is -1.32. The number of carboxylic acid groups (broad SMARTS) is 1. The Kier molecular flexibility index (Phi) is 5.59. The van der Waals surface area contributed by atoms with Gasteiger partial charge >= 0.3 is 11.9 Å². The molecule has 0 aliphatic rings. The number of ether oxygens (including phenoxy) is 1. The summed E-state index contributed by atoms with van der Waals surface area (Å²) in [5.74, 6) is -2.96. The number of esters is 1. The van der Waals surface area contributed by atoms with Crippen LogP contribution in [0.25, 0.3) is 0 Å². The number of rotatable bonds is 6. The van der Waals surface area contributed by atoms with Crippen molar-refractivity contribution >= 4 is 11.9 Å². The Morgan fingerprint density at radius 2 is 2.23 bits per heavy atom. The second-order valence-corrected chi connectivity index (χ2v) is 2.58. The van der Waals surface area contributed by atoms with Crippen LogP contribution in [0.2, 0.25) is 0 Å². The lowest BCUT2D eigenvalue weighted by molar-refractivity contribution is -0.158. The van der Waals surface area contributed by atoms with Crippen molar-refractivity contribution in [2.24, 2.45) is 5.92 Å². The van der Waals surface area contributed by atoms with Crippen molar-refractivity contribution in [2.45, 2.75) is 19.8 Å². The predicted molar refractivity (Wildman–Crippen MR) is 47.2 cm³/mol. The normalized spacial score (nSPS) is 11.8. The van der Waals surface area contributed by atoms with Crippen LogP contribution < -0.4 is 0 Å². The minimum atomic E-state index is -1.17. The Labute approximate surface area is 77.2 Å². The van der Waals surface area contributed by atoms with Crippen molar-refractivity contribution < 1.29 is 19.4 Å². The minimum Gasteiger partial charge on any atom is -0.481 e. The van der Waals surface area contributed by atoms with Gasteiger partial charge in [0.2, 0.25) is 0 Å². The van der Waals surface area contributed by atoms with Gasteiger partial charge in [-0.15, -0.1) is 6.58 Å².